The van der Waals surface area contributed by atoms with Crippen molar-refractivity contribution in [2.75, 3.05) is 11.9 Å². The van der Waals surface area contributed by atoms with E-state index in [0.717, 1.165) is 0 Å². The molecule has 21 heavy (non-hydrogen) atoms. The Labute approximate surface area is 129 Å². The largest absolute Gasteiger partial charge is 0.332 e. The molecule has 0 aliphatic heterocycles. The van der Waals surface area contributed by atoms with E-state index in [2.05, 4.69) is 21.9 Å². The lowest BCUT2D eigenvalue weighted by atomic mass is 10.3. The summed E-state index contributed by atoms with van der Waals surface area (Å²) in [6.45, 7) is 5.33. The molecule has 0 radical (unpaired) electrons. The van der Waals surface area contributed by atoms with Gasteiger partial charge in [-0.25, -0.2) is 13.1 Å². The molecule has 0 aliphatic rings. The summed E-state index contributed by atoms with van der Waals surface area (Å²) in [6, 6.07) is 6.01. The van der Waals surface area contributed by atoms with Crippen LogP contribution in [-0.2, 0) is 14.8 Å². The van der Waals surface area contributed by atoms with Gasteiger partial charge < -0.3 is 10.6 Å². The van der Waals surface area contributed by atoms with E-state index in [1.165, 1.54) is 18.2 Å². The molecule has 114 valence electrons. The highest BCUT2D eigenvalue weighted by atomic mass is 32.2. The van der Waals surface area contributed by atoms with Gasteiger partial charge in [-0.2, -0.15) is 0 Å². The summed E-state index contributed by atoms with van der Waals surface area (Å²) >= 11 is 4.96. The quantitative estimate of drug-likeness (QED) is 0.543. The molecule has 1 amide bonds. The average molecular weight is 327 g/mol. The van der Waals surface area contributed by atoms with Crippen LogP contribution < -0.4 is 15.4 Å². The van der Waals surface area contributed by atoms with E-state index in [1.807, 2.05) is 0 Å². The second-order valence-corrected chi connectivity index (χ2v) is 6.20. The first-order valence-electron chi connectivity index (χ1n) is 6.20. The van der Waals surface area contributed by atoms with Gasteiger partial charge in [0.15, 0.2) is 5.11 Å². The van der Waals surface area contributed by atoms with Crippen LogP contribution in [0.1, 0.15) is 13.3 Å². The number of hydrogen-bond donors (Lipinski definition) is 3. The molecule has 0 saturated carbocycles. The minimum Gasteiger partial charge on any atom is -0.332 e. The van der Waals surface area contributed by atoms with Crippen LogP contribution in [-0.4, -0.2) is 26.0 Å². The Morgan fingerprint density at radius 1 is 1.33 bits per heavy atom. The lowest BCUT2D eigenvalue weighted by Gasteiger charge is -2.10. The number of sulfonamides is 1. The summed E-state index contributed by atoms with van der Waals surface area (Å²) in [5.41, 5.74) is 0.582. The second kappa shape index (κ2) is 7.87. The Hall–Kier alpha value is -1.77. The van der Waals surface area contributed by atoms with Gasteiger partial charge >= 0.3 is 0 Å². The number of carbonyl (C=O) groups excluding carboxylic acids is 1. The highest BCUT2D eigenvalue weighted by Crippen LogP contribution is 2.13. The van der Waals surface area contributed by atoms with Crippen LogP contribution in [0.2, 0.25) is 0 Å². The molecule has 0 heterocycles. The van der Waals surface area contributed by atoms with Crippen molar-refractivity contribution in [3.63, 3.8) is 0 Å². The molecule has 0 aliphatic carbocycles. The minimum atomic E-state index is -3.54. The predicted molar refractivity (Wildman–Crippen MR) is 86.5 cm³/mol. The van der Waals surface area contributed by atoms with E-state index in [4.69, 9.17) is 12.2 Å². The Morgan fingerprint density at radius 3 is 2.48 bits per heavy atom. The maximum Gasteiger partial charge on any atom is 0.240 e. The monoisotopic (exact) mass is 327 g/mol. The van der Waals surface area contributed by atoms with Crippen LogP contribution in [0.5, 0.6) is 0 Å². The molecule has 8 heteroatoms. The number of hydrogen-bond acceptors (Lipinski definition) is 4. The van der Waals surface area contributed by atoms with Crippen molar-refractivity contribution in [3.8, 4) is 0 Å². The number of carbonyl (C=O) groups is 1. The number of rotatable bonds is 6. The van der Waals surface area contributed by atoms with Crippen LogP contribution >= 0.6 is 12.2 Å². The van der Waals surface area contributed by atoms with Crippen LogP contribution in [0.25, 0.3) is 0 Å². The maximum atomic E-state index is 11.8. The fraction of sp³-hybridized carbons (Fsp3) is 0.231. The molecule has 0 aromatic heterocycles. The number of amides is 1. The summed E-state index contributed by atoms with van der Waals surface area (Å²) in [5, 5.41) is 5.46. The molecule has 3 N–H and O–H groups in total. The van der Waals surface area contributed by atoms with Crippen molar-refractivity contribution in [1.29, 1.82) is 0 Å². The standard InChI is InChI=1S/C13H17N3O3S2/c1-3-9-14-21(18,19)11-7-5-10(6-8-11)15-13(20)16-12(17)4-2/h3,5-8,14H,1,4,9H2,2H3,(H2,15,16,17,20). The summed E-state index contributed by atoms with van der Waals surface area (Å²) in [5.74, 6) is -0.194. The van der Waals surface area contributed by atoms with E-state index < -0.39 is 10.0 Å². The lowest BCUT2D eigenvalue weighted by Crippen LogP contribution is -2.33. The van der Waals surface area contributed by atoms with Crippen LogP contribution in [0.4, 0.5) is 5.69 Å². The lowest BCUT2D eigenvalue weighted by molar-refractivity contribution is -0.119. The van der Waals surface area contributed by atoms with Crippen LogP contribution in [0.15, 0.2) is 41.8 Å². The zero-order valence-corrected chi connectivity index (χ0v) is 13.2. The summed E-state index contributed by atoms with van der Waals surface area (Å²) in [6.07, 6.45) is 1.79. The van der Waals surface area contributed by atoms with Gasteiger partial charge in [-0.15, -0.1) is 6.58 Å². The summed E-state index contributed by atoms with van der Waals surface area (Å²) in [4.78, 5) is 11.3. The van der Waals surface area contributed by atoms with Crippen LogP contribution in [0.3, 0.4) is 0 Å². The molecular weight excluding hydrogens is 310 g/mol. The van der Waals surface area contributed by atoms with Gasteiger partial charge in [-0.05, 0) is 36.5 Å². The van der Waals surface area contributed by atoms with E-state index in [-0.39, 0.29) is 22.5 Å². The van der Waals surface area contributed by atoms with Crippen molar-refractivity contribution in [2.45, 2.75) is 18.2 Å². The van der Waals surface area contributed by atoms with Gasteiger partial charge in [-0.1, -0.05) is 13.0 Å². The third kappa shape index (κ3) is 5.62. The molecule has 0 atom stereocenters. The summed E-state index contributed by atoms with van der Waals surface area (Å²) in [7, 11) is -3.54. The highest BCUT2D eigenvalue weighted by molar-refractivity contribution is 7.89. The van der Waals surface area contributed by atoms with Crippen molar-refractivity contribution in [2.24, 2.45) is 0 Å². The molecule has 1 rings (SSSR count). The average Bonchev–Trinajstić information content (AvgIpc) is 2.45. The molecule has 0 fully saturated rings. The second-order valence-electron chi connectivity index (χ2n) is 4.02. The zero-order chi connectivity index (χ0) is 15.9. The first-order valence-corrected chi connectivity index (χ1v) is 8.09. The topological polar surface area (TPSA) is 87.3 Å². The van der Waals surface area contributed by atoms with E-state index in [1.54, 1.807) is 19.1 Å². The van der Waals surface area contributed by atoms with Gasteiger partial charge in [0.1, 0.15) is 0 Å². The van der Waals surface area contributed by atoms with Gasteiger partial charge in [0.2, 0.25) is 15.9 Å². The third-order valence-corrected chi connectivity index (χ3v) is 4.06. The Balaban J connectivity index is 2.72. The first-order chi connectivity index (χ1) is 9.89. The SMILES string of the molecule is C=CCNS(=O)(=O)c1ccc(NC(=S)NC(=O)CC)cc1. The Bertz CT molecular complexity index is 625. The number of thiocarbonyl (C=S) groups is 1. The van der Waals surface area contributed by atoms with E-state index >= 15 is 0 Å². The Kier molecular flexibility index (Phi) is 6.47. The van der Waals surface area contributed by atoms with Crippen molar-refractivity contribution in [3.05, 3.63) is 36.9 Å². The minimum absolute atomic E-state index is 0.137. The predicted octanol–water partition coefficient (Wildman–Crippen LogP) is 1.37. The normalized spacial score (nSPS) is 10.7. The Morgan fingerprint density at radius 2 is 1.95 bits per heavy atom. The fourth-order valence-electron chi connectivity index (χ4n) is 1.35. The van der Waals surface area contributed by atoms with Gasteiger partial charge in [-0.3, -0.25) is 4.79 Å². The number of nitrogens with one attached hydrogen (secondary N) is 3. The van der Waals surface area contributed by atoms with Gasteiger partial charge in [0.25, 0.3) is 0 Å². The zero-order valence-electron chi connectivity index (χ0n) is 11.5. The van der Waals surface area contributed by atoms with Gasteiger partial charge in [0, 0.05) is 18.7 Å². The smallest absolute Gasteiger partial charge is 0.240 e. The van der Waals surface area contributed by atoms with Crippen LogP contribution in [0, 0.1) is 0 Å². The molecule has 0 spiro atoms. The fourth-order valence-corrected chi connectivity index (χ4v) is 2.58. The molecular formula is C13H17N3O3S2. The maximum absolute atomic E-state index is 11.8. The molecule has 0 saturated heterocycles. The molecule has 0 unspecified atom stereocenters. The van der Waals surface area contributed by atoms with Crippen molar-refractivity contribution >= 4 is 38.9 Å². The molecule has 1 aromatic carbocycles. The van der Waals surface area contributed by atoms with E-state index in [0.29, 0.717) is 12.1 Å². The molecule has 6 nitrogen and oxygen atoms in total. The number of anilines is 1. The van der Waals surface area contributed by atoms with Crippen molar-refractivity contribution in [1.82, 2.24) is 10.0 Å². The van der Waals surface area contributed by atoms with Crippen molar-refractivity contribution < 1.29 is 13.2 Å². The third-order valence-electron chi connectivity index (χ3n) is 2.41. The summed E-state index contributed by atoms with van der Waals surface area (Å²) < 4.78 is 26.1. The number of benzene rings is 1. The van der Waals surface area contributed by atoms with Gasteiger partial charge in [0.05, 0.1) is 4.90 Å². The molecule has 1 aromatic rings. The molecule has 0 bridgehead atoms. The highest BCUT2D eigenvalue weighted by Gasteiger charge is 2.12. The van der Waals surface area contributed by atoms with E-state index in [9.17, 15) is 13.2 Å². The first kappa shape index (κ1) is 17.3.